The first kappa shape index (κ1) is 12.7. The summed E-state index contributed by atoms with van der Waals surface area (Å²) in [6, 6.07) is 0. The zero-order valence-corrected chi connectivity index (χ0v) is 8.73. The van der Waals surface area contributed by atoms with Crippen molar-refractivity contribution in [3.8, 4) is 0 Å². The summed E-state index contributed by atoms with van der Waals surface area (Å²) in [4.78, 5) is 11.2. The molecule has 1 fully saturated rings. The number of nitrogens with one attached hydrogen (secondary N) is 1. The maximum atomic E-state index is 11.2. The Bertz CT molecular complexity index is 165. The zero-order chi connectivity index (χ0) is 8.97. The molecule has 0 saturated carbocycles. The van der Waals surface area contributed by atoms with E-state index in [-0.39, 0.29) is 24.5 Å². The van der Waals surface area contributed by atoms with Gasteiger partial charge in [-0.05, 0) is 13.8 Å². The maximum absolute atomic E-state index is 11.2. The molecule has 0 aromatic rings. The second kappa shape index (κ2) is 6.18. The van der Waals surface area contributed by atoms with Crippen LogP contribution in [-0.4, -0.2) is 37.9 Å². The van der Waals surface area contributed by atoms with Crippen LogP contribution in [0.3, 0.4) is 0 Å². The number of carbonyl (C=O) groups is 1. The molecule has 1 saturated heterocycles. The Hall–Kier alpha value is -0.320. The molecule has 0 radical (unpaired) electrons. The van der Waals surface area contributed by atoms with Crippen molar-refractivity contribution >= 4 is 18.4 Å². The highest BCUT2D eigenvalue weighted by atomic mass is 35.5. The van der Waals surface area contributed by atoms with Gasteiger partial charge in [-0.3, -0.25) is 0 Å². The molecule has 1 unspecified atom stereocenters. The van der Waals surface area contributed by atoms with Crippen LogP contribution >= 0.6 is 12.4 Å². The van der Waals surface area contributed by atoms with Crippen LogP contribution in [0, 0.1) is 0 Å². The molecule has 4 nitrogen and oxygen atoms in total. The minimum Gasteiger partial charge on any atom is -0.464 e. The summed E-state index contributed by atoms with van der Waals surface area (Å²) in [6.07, 6.45) is -0.332. The van der Waals surface area contributed by atoms with Gasteiger partial charge < -0.3 is 14.8 Å². The average molecular weight is 210 g/mol. The van der Waals surface area contributed by atoms with Crippen molar-refractivity contribution < 1.29 is 14.3 Å². The summed E-state index contributed by atoms with van der Waals surface area (Å²) in [5.74, 6) is -0.267. The number of hydrogen-bond acceptors (Lipinski definition) is 4. The van der Waals surface area contributed by atoms with Crippen LogP contribution in [0.25, 0.3) is 0 Å². The molecular weight excluding hydrogens is 194 g/mol. The summed E-state index contributed by atoms with van der Waals surface area (Å²) < 4.78 is 10.2. The molecular formula is C8H16ClNO3. The molecule has 1 heterocycles. The molecule has 1 aliphatic heterocycles. The minimum absolute atomic E-state index is 0. The van der Waals surface area contributed by atoms with Gasteiger partial charge in [0.25, 0.3) is 0 Å². The van der Waals surface area contributed by atoms with Gasteiger partial charge in [0.2, 0.25) is 0 Å². The van der Waals surface area contributed by atoms with Gasteiger partial charge in [0, 0.05) is 13.1 Å². The zero-order valence-electron chi connectivity index (χ0n) is 7.91. The van der Waals surface area contributed by atoms with Crippen molar-refractivity contribution in [2.24, 2.45) is 0 Å². The normalized spacial score (nSPS) is 27.5. The van der Waals surface area contributed by atoms with Gasteiger partial charge in [0.05, 0.1) is 12.7 Å². The van der Waals surface area contributed by atoms with E-state index in [9.17, 15) is 4.79 Å². The average Bonchev–Trinajstić information content (AvgIpc) is 2.05. The lowest BCUT2D eigenvalue weighted by atomic mass is 10.2. The Morgan fingerprint density at radius 2 is 2.31 bits per heavy atom. The number of hydrogen-bond donors (Lipinski definition) is 1. The molecule has 0 bridgehead atoms. The Kier molecular flexibility index (Phi) is 6.03. The highest BCUT2D eigenvalue weighted by Crippen LogP contribution is 2.04. The Labute approximate surface area is 84.4 Å². The number of rotatable bonds is 2. The summed E-state index contributed by atoms with van der Waals surface area (Å²) in [6.45, 7) is 5.49. The summed E-state index contributed by atoms with van der Waals surface area (Å²) >= 11 is 0. The van der Waals surface area contributed by atoms with Crippen molar-refractivity contribution in [1.29, 1.82) is 0 Å². The van der Waals surface area contributed by atoms with Crippen LogP contribution < -0.4 is 5.32 Å². The van der Waals surface area contributed by atoms with Crippen LogP contribution in [0.1, 0.15) is 13.8 Å². The van der Waals surface area contributed by atoms with Gasteiger partial charge in [-0.25, -0.2) is 4.79 Å². The Morgan fingerprint density at radius 3 is 2.85 bits per heavy atom. The monoisotopic (exact) mass is 209 g/mol. The molecule has 78 valence electrons. The highest BCUT2D eigenvalue weighted by Gasteiger charge is 2.26. The SMILES string of the molecule is CCOC(=O)C1CNC[C@H](C)O1.Cl. The summed E-state index contributed by atoms with van der Waals surface area (Å²) in [7, 11) is 0. The first-order chi connectivity index (χ1) is 5.74. The van der Waals surface area contributed by atoms with Gasteiger partial charge in [-0.2, -0.15) is 0 Å². The third-order valence-corrected chi connectivity index (χ3v) is 1.71. The second-order valence-corrected chi connectivity index (χ2v) is 2.85. The fraction of sp³-hybridized carbons (Fsp3) is 0.875. The van der Waals surface area contributed by atoms with Gasteiger partial charge in [-0.1, -0.05) is 0 Å². The Morgan fingerprint density at radius 1 is 1.62 bits per heavy atom. The van der Waals surface area contributed by atoms with Crippen LogP contribution in [0.5, 0.6) is 0 Å². The molecule has 0 aromatic heterocycles. The van der Waals surface area contributed by atoms with Crippen molar-refractivity contribution in [3.63, 3.8) is 0 Å². The fourth-order valence-electron chi connectivity index (χ4n) is 1.17. The smallest absolute Gasteiger partial charge is 0.336 e. The lowest BCUT2D eigenvalue weighted by molar-refractivity contribution is -0.162. The van der Waals surface area contributed by atoms with E-state index in [1.807, 2.05) is 6.92 Å². The van der Waals surface area contributed by atoms with E-state index in [0.29, 0.717) is 13.2 Å². The molecule has 1 rings (SSSR count). The highest BCUT2D eigenvalue weighted by molar-refractivity contribution is 5.85. The van der Waals surface area contributed by atoms with Crippen LogP contribution in [0.2, 0.25) is 0 Å². The quantitative estimate of drug-likeness (QED) is 0.667. The van der Waals surface area contributed by atoms with E-state index in [0.717, 1.165) is 6.54 Å². The molecule has 0 aromatic carbocycles. The standard InChI is InChI=1S/C8H15NO3.ClH/c1-3-11-8(10)7-5-9-4-6(2)12-7;/h6-7,9H,3-5H2,1-2H3;1H/t6-,7?;/m0./s1. The Balaban J connectivity index is 0.00000144. The van der Waals surface area contributed by atoms with Crippen molar-refractivity contribution in [1.82, 2.24) is 5.32 Å². The van der Waals surface area contributed by atoms with Gasteiger partial charge in [-0.15, -0.1) is 12.4 Å². The summed E-state index contributed by atoms with van der Waals surface area (Å²) in [5.41, 5.74) is 0. The topological polar surface area (TPSA) is 47.6 Å². The molecule has 2 atom stereocenters. The first-order valence-corrected chi connectivity index (χ1v) is 4.27. The predicted octanol–water partition coefficient (Wildman–Crippen LogP) is 0.348. The third kappa shape index (κ3) is 3.93. The lowest BCUT2D eigenvalue weighted by Crippen LogP contribution is -2.47. The van der Waals surface area contributed by atoms with Crippen LogP contribution in [0.15, 0.2) is 0 Å². The lowest BCUT2D eigenvalue weighted by Gasteiger charge is -2.26. The third-order valence-electron chi connectivity index (χ3n) is 1.71. The molecule has 5 heteroatoms. The molecule has 0 amide bonds. The van der Waals surface area contributed by atoms with Crippen molar-refractivity contribution in [3.05, 3.63) is 0 Å². The van der Waals surface area contributed by atoms with Crippen molar-refractivity contribution in [2.45, 2.75) is 26.1 Å². The molecule has 1 N–H and O–H groups in total. The molecule has 13 heavy (non-hydrogen) atoms. The number of esters is 1. The summed E-state index contributed by atoms with van der Waals surface area (Å²) in [5, 5.41) is 3.10. The number of halogens is 1. The van der Waals surface area contributed by atoms with E-state index < -0.39 is 6.10 Å². The van der Waals surface area contributed by atoms with E-state index in [2.05, 4.69) is 5.32 Å². The molecule has 1 aliphatic rings. The largest absolute Gasteiger partial charge is 0.464 e. The van der Waals surface area contributed by atoms with E-state index in [4.69, 9.17) is 9.47 Å². The number of carbonyl (C=O) groups excluding carboxylic acids is 1. The maximum Gasteiger partial charge on any atom is 0.336 e. The fourth-order valence-corrected chi connectivity index (χ4v) is 1.17. The van der Waals surface area contributed by atoms with Gasteiger partial charge in [0.1, 0.15) is 0 Å². The predicted molar refractivity (Wildman–Crippen MR) is 51.1 cm³/mol. The van der Waals surface area contributed by atoms with Crippen LogP contribution in [-0.2, 0) is 14.3 Å². The van der Waals surface area contributed by atoms with Crippen LogP contribution in [0.4, 0.5) is 0 Å². The van der Waals surface area contributed by atoms with E-state index >= 15 is 0 Å². The second-order valence-electron chi connectivity index (χ2n) is 2.85. The molecule has 0 aliphatic carbocycles. The van der Waals surface area contributed by atoms with Gasteiger partial charge in [0.15, 0.2) is 6.10 Å². The number of ether oxygens (including phenoxy) is 2. The minimum atomic E-state index is -0.423. The van der Waals surface area contributed by atoms with Gasteiger partial charge >= 0.3 is 5.97 Å². The molecule has 0 spiro atoms. The first-order valence-electron chi connectivity index (χ1n) is 4.27. The number of morpholine rings is 1. The van der Waals surface area contributed by atoms with Crippen molar-refractivity contribution in [2.75, 3.05) is 19.7 Å². The van der Waals surface area contributed by atoms with E-state index in [1.54, 1.807) is 6.92 Å². The van der Waals surface area contributed by atoms with E-state index in [1.165, 1.54) is 0 Å².